The van der Waals surface area contributed by atoms with E-state index in [1.807, 2.05) is 12.1 Å². The van der Waals surface area contributed by atoms with Crippen LogP contribution in [-0.2, 0) is 20.8 Å². The predicted molar refractivity (Wildman–Crippen MR) is 107 cm³/mol. The molecule has 1 atom stereocenters. The summed E-state index contributed by atoms with van der Waals surface area (Å²) < 4.78 is 0. The highest BCUT2D eigenvalue weighted by atomic mass is 32.2. The number of terminal acetylenes is 1. The van der Waals surface area contributed by atoms with Gasteiger partial charge in [0.25, 0.3) is 0 Å². The number of nitrogens with one attached hydrogen (secondary N) is 1. The van der Waals surface area contributed by atoms with Crippen molar-refractivity contribution in [1.29, 1.82) is 0 Å². The molecule has 6 heteroatoms. The Morgan fingerprint density at radius 2 is 2.00 bits per heavy atom. The van der Waals surface area contributed by atoms with Crippen LogP contribution >= 0.6 is 11.8 Å². The minimum absolute atomic E-state index is 0.0631. The van der Waals surface area contributed by atoms with Gasteiger partial charge in [0.05, 0.1) is 11.8 Å². The fraction of sp³-hybridized carbons (Fsp3) is 0.476. The molecule has 1 aliphatic heterocycles. The molecule has 0 aromatic heterocycles. The maximum absolute atomic E-state index is 12.5. The first-order chi connectivity index (χ1) is 13.0. The average Bonchev–Trinajstić information content (AvgIpc) is 2.93. The maximum Gasteiger partial charge on any atom is 0.243 e. The number of thioether (sulfide) groups is 1. The van der Waals surface area contributed by atoms with Crippen molar-refractivity contribution in [2.45, 2.75) is 55.6 Å². The number of carbonyl (C=O) groups excluding carboxylic acids is 3. The third-order valence-corrected chi connectivity index (χ3v) is 5.68. The number of hydrogen-bond donors (Lipinski definition) is 1. The van der Waals surface area contributed by atoms with Gasteiger partial charge in [0.2, 0.25) is 17.7 Å². The molecule has 3 amide bonds. The van der Waals surface area contributed by atoms with Gasteiger partial charge in [0.1, 0.15) is 0 Å². The van der Waals surface area contributed by atoms with E-state index in [4.69, 9.17) is 6.42 Å². The third kappa shape index (κ3) is 6.44. The molecule has 1 saturated heterocycles. The zero-order chi connectivity index (χ0) is 19.6. The van der Waals surface area contributed by atoms with Gasteiger partial charge in [-0.25, -0.2) is 0 Å². The molecule has 0 radical (unpaired) electrons. The number of benzene rings is 1. The maximum atomic E-state index is 12.5. The van der Waals surface area contributed by atoms with Crippen LogP contribution in [0.15, 0.2) is 29.2 Å². The summed E-state index contributed by atoms with van der Waals surface area (Å²) in [6.07, 6.45) is 8.95. The van der Waals surface area contributed by atoms with Crippen LogP contribution in [0.3, 0.4) is 0 Å². The van der Waals surface area contributed by atoms with Gasteiger partial charge in [-0.2, -0.15) is 0 Å². The van der Waals surface area contributed by atoms with E-state index in [-0.39, 0.29) is 35.9 Å². The molecule has 0 spiro atoms. The predicted octanol–water partition coefficient (Wildman–Crippen LogP) is 2.78. The van der Waals surface area contributed by atoms with E-state index in [0.29, 0.717) is 25.8 Å². The normalized spacial score (nSPS) is 16.4. The molecule has 1 heterocycles. The Hall–Kier alpha value is -2.26. The molecule has 0 saturated carbocycles. The van der Waals surface area contributed by atoms with Crippen molar-refractivity contribution in [3.05, 3.63) is 29.8 Å². The Morgan fingerprint density at radius 1 is 1.26 bits per heavy atom. The molecular weight excluding hydrogens is 360 g/mol. The third-order valence-electron chi connectivity index (χ3n) is 4.49. The van der Waals surface area contributed by atoms with E-state index in [9.17, 15) is 14.4 Å². The molecule has 1 N–H and O–H groups in total. The minimum atomic E-state index is -0.334. The molecule has 1 aliphatic rings. The first-order valence-electron chi connectivity index (χ1n) is 9.35. The summed E-state index contributed by atoms with van der Waals surface area (Å²) in [4.78, 5) is 38.6. The highest BCUT2D eigenvalue weighted by Crippen LogP contribution is 2.31. The SMILES string of the molecule is C#CCNC(=O)CCCCCN1C(=O)CC(Sc2ccc(CC)cc2)C1=O. The smallest absolute Gasteiger partial charge is 0.243 e. The minimum Gasteiger partial charge on any atom is -0.345 e. The Bertz CT molecular complexity index is 709. The lowest BCUT2D eigenvalue weighted by Crippen LogP contribution is -2.32. The van der Waals surface area contributed by atoms with Crippen LogP contribution in [0.2, 0.25) is 0 Å². The molecule has 144 valence electrons. The van der Waals surface area contributed by atoms with E-state index in [0.717, 1.165) is 17.7 Å². The van der Waals surface area contributed by atoms with Crippen molar-refractivity contribution >= 4 is 29.5 Å². The van der Waals surface area contributed by atoms with Crippen molar-refractivity contribution in [3.63, 3.8) is 0 Å². The van der Waals surface area contributed by atoms with Crippen LogP contribution < -0.4 is 5.32 Å². The molecule has 0 aliphatic carbocycles. The van der Waals surface area contributed by atoms with Crippen molar-refractivity contribution < 1.29 is 14.4 Å². The summed E-state index contributed by atoms with van der Waals surface area (Å²) in [7, 11) is 0. The van der Waals surface area contributed by atoms with Crippen LogP contribution in [0.25, 0.3) is 0 Å². The molecule has 1 aromatic carbocycles. The van der Waals surface area contributed by atoms with Gasteiger partial charge in [-0.05, 0) is 37.0 Å². The highest BCUT2D eigenvalue weighted by Gasteiger charge is 2.38. The number of likely N-dealkylation sites (tertiary alicyclic amines) is 1. The standard InChI is InChI=1S/C21H26N2O3S/c1-3-13-22-19(24)8-6-5-7-14-23-20(25)15-18(21(23)26)27-17-11-9-16(4-2)10-12-17/h1,9-12,18H,4-8,13-15H2,2H3,(H,22,24). The molecule has 1 unspecified atom stereocenters. The van der Waals surface area contributed by atoms with Crippen LogP contribution in [0.4, 0.5) is 0 Å². The molecule has 2 rings (SSSR count). The number of hydrogen-bond acceptors (Lipinski definition) is 4. The Kier molecular flexibility index (Phi) is 8.41. The van der Waals surface area contributed by atoms with Crippen molar-refractivity contribution in [2.75, 3.05) is 13.1 Å². The number of unbranched alkanes of at least 4 members (excludes halogenated alkanes) is 2. The van der Waals surface area contributed by atoms with Gasteiger partial charge >= 0.3 is 0 Å². The van der Waals surface area contributed by atoms with Crippen LogP contribution in [0.1, 0.15) is 44.6 Å². The van der Waals surface area contributed by atoms with Gasteiger partial charge in [0, 0.05) is 24.3 Å². The molecule has 27 heavy (non-hydrogen) atoms. The quantitative estimate of drug-likeness (QED) is 0.381. The van der Waals surface area contributed by atoms with Gasteiger partial charge in [-0.15, -0.1) is 18.2 Å². The molecule has 1 aromatic rings. The molecule has 0 bridgehead atoms. The second-order valence-corrected chi connectivity index (χ2v) is 7.76. The van der Waals surface area contributed by atoms with E-state index < -0.39 is 0 Å². The molecular formula is C21H26N2O3S. The second kappa shape index (κ2) is 10.8. The first kappa shape index (κ1) is 21.0. The largest absolute Gasteiger partial charge is 0.345 e. The zero-order valence-electron chi connectivity index (χ0n) is 15.7. The number of carbonyl (C=O) groups is 3. The van der Waals surface area contributed by atoms with Crippen molar-refractivity contribution in [2.24, 2.45) is 0 Å². The number of imide groups is 1. The first-order valence-corrected chi connectivity index (χ1v) is 10.2. The van der Waals surface area contributed by atoms with Gasteiger partial charge in [-0.1, -0.05) is 31.4 Å². The number of nitrogens with zero attached hydrogens (tertiary/aromatic N) is 1. The Balaban J connectivity index is 1.73. The van der Waals surface area contributed by atoms with Crippen LogP contribution in [0.5, 0.6) is 0 Å². The lowest BCUT2D eigenvalue weighted by molar-refractivity contribution is -0.138. The molecule has 5 nitrogen and oxygen atoms in total. The zero-order valence-corrected chi connectivity index (χ0v) is 16.5. The summed E-state index contributed by atoms with van der Waals surface area (Å²) in [6, 6.07) is 8.13. The topological polar surface area (TPSA) is 66.5 Å². The molecule has 1 fully saturated rings. The number of amides is 3. The average molecular weight is 387 g/mol. The number of aryl methyl sites for hydroxylation is 1. The Morgan fingerprint density at radius 3 is 2.67 bits per heavy atom. The second-order valence-electron chi connectivity index (χ2n) is 6.48. The van der Waals surface area contributed by atoms with E-state index in [2.05, 4.69) is 30.3 Å². The monoisotopic (exact) mass is 386 g/mol. The van der Waals surface area contributed by atoms with Crippen molar-refractivity contribution in [3.8, 4) is 12.3 Å². The van der Waals surface area contributed by atoms with Gasteiger partial charge < -0.3 is 5.32 Å². The van der Waals surface area contributed by atoms with Crippen LogP contribution in [-0.4, -0.2) is 41.0 Å². The lowest BCUT2D eigenvalue weighted by Gasteiger charge is -2.14. The Labute approximate surface area is 165 Å². The number of rotatable bonds is 10. The highest BCUT2D eigenvalue weighted by molar-refractivity contribution is 8.00. The summed E-state index contributed by atoms with van der Waals surface area (Å²) in [5.74, 6) is 2.09. The van der Waals surface area contributed by atoms with E-state index >= 15 is 0 Å². The van der Waals surface area contributed by atoms with Gasteiger partial charge in [-0.3, -0.25) is 19.3 Å². The fourth-order valence-electron chi connectivity index (χ4n) is 2.92. The van der Waals surface area contributed by atoms with Crippen LogP contribution in [0, 0.1) is 12.3 Å². The summed E-state index contributed by atoms with van der Waals surface area (Å²) in [6.45, 7) is 2.77. The summed E-state index contributed by atoms with van der Waals surface area (Å²) in [5, 5.41) is 2.28. The van der Waals surface area contributed by atoms with Gasteiger partial charge in [0.15, 0.2) is 0 Å². The summed E-state index contributed by atoms with van der Waals surface area (Å²) >= 11 is 1.46. The summed E-state index contributed by atoms with van der Waals surface area (Å²) in [5.41, 5.74) is 1.25. The van der Waals surface area contributed by atoms with E-state index in [1.54, 1.807) is 0 Å². The van der Waals surface area contributed by atoms with E-state index in [1.165, 1.54) is 22.2 Å². The van der Waals surface area contributed by atoms with Crippen molar-refractivity contribution in [1.82, 2.24) is 10.2 Å². The fourth-order valence-corrected chi connectivity index (χ4v) is 3.99. The lowest BCUT2D eigenvalue weighted by atomic mass is 10.2.